The van der Waals surface area contributed by atoms with Gasteiger partial charge in [-0.25, -0.2) is 9.82 Å². The summed E-state index contributed by atoms with van der Waals surface area (Å²) in [5.74, 6) is -0.728. The van der Waals surface area contributed by atoms with Gasteiger partial charge in [0, 0.05) is 6.07 Å². The summed E-state index contributed by atoms with van der Waals surface area (Å²) in [6.07, 6.45) is 1.33. The molecule has 0 aromatic heterocycles. The van der Waals surface area contributed by atoms with E-state index in [1.807, 2.05) is 0 Å². The van der Waals surface area contributed by atoms with Crippen molar-refractivity contribution in [3.63, 3.8) is 0 Å². The minimum Gasteiger partial charge on any atom is -0.503 e. The second-order valence-corrected chi connectivity index (χ2v) is 5.00. The van der Waals surface area contributed by atoms with E-state index in [-0.39, 0.29) is 28.9 Å². The molecule has 0 aliphatic carbocycles. The lowest BCUT2D eigenvalue weighted by Gasteiger charge is -2.06. The quantitative estimate of drug-likeness (QED) is 0.619. The average Bonchev–Trinajstić information content (AvgIpc) is 2.56. The molecule has 126 valence electrons. The maximum absolute atomic E-state index is 13.0. The van der Waals surface area contributed by atoms with Crippen LogP contribution in [0.3, 0.4) is 0 Å². The fourth-order valence-electron chi connectivity index (χ4n) is 1.74. The van der Waals surface area contributed by atoms with Crippen LogP contribution in [0.2, 0.25) is 5.02 Å². The summed E-state index contributed by atoms with van der Waals surface area (Å²) in [5.41, 5.74) is 2.77. The number of ether oxygens (including phenoxy) is 2. The molecule has 0 fully saturated rings. The first-order valence-electron chi connectivity index (χ1n) is 6.76. The number of hydrazone groups is 1. The monoisotopic (exact) mass is 352 g/mol. The van der Waals surface area contributed by atoms with Crippen LogP contribution in [-0.2, 0) is 4.79 Å². The van der Waals surface area contributed by atoms with Crippen LogP contribution in [-0.4, -0.2) is 30.9 Å². The second-order valence-electron chi connectivity index (χ2n) is 4.59. The van der Waals surface area contributed by atoms with Crippen molar-refractivity contribution >= 4 is 23.7 Å². The third-order valence-corrected chi connectivity index (χ3v) is 3.13. The molecule has 1 amide bonds. The van der Waals surface area contributed by atoms with Crippen molar-refractivity contribution in [2.45, 2.75) is 0 Å². The number of halogens is 2. The molecular formula is C16H14ClFN2O4. The maximum Gasteiger partial charge on any atom is 0.277 e. The summed E-state index contributed by atoms with van der Waals surface area (Å²) in [7, 11) is 1.39. The molecule has 0 saturated heterocycles. The molecule has 0 bridgehead atoms. The summed E-state index contributed by atoms with van der Waals surface area (Å²) in [6.45, 7) is -0.319. The smallest absolute Gasteiger partial charge is 0.277 e. The highest BCUT2D eigenvalue weighted by Crippen LogP contribution is 2.34. The number of hydrogen-bond acceptors (Lipinski definition) is 5. The number of nitrogens with zero attached hydrogens (tertiary/aromatic N) is 1. The highest BCUT2D eigenvalue weighted by Gasteiger charge is 2.08. The van der Waals surface area contributed by atoms with Crippen molar-refractivity contribution in [1.82, 2.24) is 5.43 Å². The van der Waals surface area contributed by atoms with Gasteiger partial charge in [0.15, 0.2) is 18.1 Å². The summed E-state index contributed by atoms with van der Waals surface area (Å²) >= 11 is 5.84. The molecule has 6 nitrogen and oxygen atoms in total. The van der Waals surface area contributed by atoms with Crippen molar-refractivity contribution in [3.8, 4) is 17.2 Å². The first-order chi connectivity index (χ1) is 11.5. The van der Waals surface area contributed by atoms with Crippen LogP contribution >= 0.6 is 11.6 Å². The Hall–Kier alpha value is -2.80. The molecule has 0 aliphatic rings. The van der Waals surface area contributed by atoms with Crippen molar-refractivity contribution < 1.29 is 23.8 Å². The molecule has 24 heavy (non-hydrogen) atoms. The minimum absolute atomic E-state index is 0.0940. The minimum atomic E-state index is -0.521. The lowest BCUT2D eigenvalue weighted by atomic mass is 10.2. The number of aromatic hydroxyl groups is 1. The number of methoxy groups -OCH3 is 1. The molecule has 2 aromatic carbocycles. The van der Waals surface area contributed by atoms with E-state index in [9.17, 15) is 14.3 Å². The van der Waals surface area contributed by atoms with Crippen molar-refractivity contribution in [2.24, 2.45) is 5.10 Å². The molecule has 0 saturated carbocycles. The van der Waals surface area contributed by atoms with E-state index < -0.39 is 11.7 Å². The molecule has 8 heteroatoms. The molecular weight excluding hydrogens is 339 g/mol. The Bertz CT molecular complexity index is 768. The number of hydrogen-bond donors (Lipinski definition) is 2. The Morgan fingerprint density at radius 3 is 2.92 bits per heavy atom. The number of phenolic OH excluding ortho intramolecular Hbond substituents is 1. The number of rotatable bonds is 6. The van der Waals surface area contributed by atoms with Crippen molar-refractivity contribution in [3.05, 3.63) is 52.8 Å². The predicted molar refractivity (Wildman–Crippen MR) is 87.3 cm³/mol. The van der Waals surface area contributed by atoms with Gasteiger partial charge in [-0.1, -0.05) is 17.7 Å². The van der Waals surface area contributed by atoms with Crippen LogP contribution in [0, 0.1) is 5.82 Å². The van der Waals surface area contributed by atoms with Crippen LogP contribution in [0.1, 0.15) is 5.56 Å². The van der Waals surface area contributed by atoms with Gasteiger partial charge < -0.3 is 14.6 Å². The summed E-state index contributed by atoms with van der Waals surface area (Å²) in [5, 5.41) is 13.5. The number of nitrogens with one attached hydrogen (secondary N) is 1. The van der Waals surface area contributed by atoms with Crippen molar-refractivity contribution in [1.29, 1.82) is 0 Å². The fourth-order valence-corrected chi connectivity index (χ4v) is 1.96. The highest BCUT2D eigenvalue weighted by molar-refractivity contribution is 6.32. The van der Waals surface area contributed by atoms with Crippen LogP contribution in [0.5, 0.6) is 17.2 Å². The van der Waals surface area contributed by atoms with Gasteiger partial charge in [0.2, 0.25) is 0 Å². The van der Waals surface area contributed by atoms with Gasteiger partial charge in [-0.05, 0) is 29.8 Å². The number of benzene rings is 2. The third kappa shape index (κ3) is 4.85. The van der Waals surface area contributed by atoms with E-state index in [1.165, 1.54) is 49.7 Å². The van der Waals surface area contributed by atoms with E-state index in [1.54, 1.807) is 0 Å². The first kappa shape index (κ1) is 17.6. The van der Waals surface area contributed by atoms with Crippen molar-refractivity contribution in [2.75, 3.05) is 13.7 Å². The standard InChI is InChI=1S/C16H14ClFN2O4/c1-23-14-6-10(5-13(17)16(14)22)8-19-20-15(21)9-24-12-4-2-3-11(18)7-12/h2-8,22H,9H2,1H3,(H,20,21)/b19-8+. The van der Waals surface area contributed by atoms with Gasteiger partial charge in [0.1, 0.15) is 11.6 Å². The Morgan fingerprint density at radius 2 is 2.21 bits per heavy atom. The molecule has 0 unspecified atom stereocenters. The summed E-state index contributed by atoms with van der Waals surface area (Å²) in [6, 6.07) is 8.40. The lowest BCUT2D eigenvalue weighted by Crippen LogP contribution is -2.24. The molecule has 0 spiro atoms. The molecule has 0 aliphatic heterocycles. The zero-order valence-corrected chi connectivity index (χ0v) is 13.4. The summed E-state index contributed by atoms with van der Waals surface area (Å²) in [4.78, 5) is 11.6. The molecule has 0 heterocycles. The van der Waals surface area contributed by atoms with E-state index in [0.29, 0.717) is 5.56 Å². The molecule has 2 aromatic rings. The largest absolute Gasteiger partial charge is 0.503 e. The van der Waals surface area contributed by atoms with E-state index in [4.69, 9.17) is 21.1 Å². The maximum atomic E-state index is 13.0. The van der Waals surface area contributed by atoms with Gasteiger partial charge in [0.25, 0.3) is 5.91 Å². The Balaban J connectivity index is 1.89. The molecule has 0 radical (unpaired) electrons. The number of carbonyl (C=O) groups is 1. The molecule has 0 atom stereocenters. The average molecular weight is 353 g/mol. The Morgan fingerprint density at radius 1 is 1.42 bits per heavy atom. The van der Waals surface area contributed by atoms with Gasteiger partial charge in [-0.15, -0.1) is 0 Å². The first-order valence-corrected chi connectivity index (χ1v) is 7.14. The van der Waals surface area contributed by atoms with Crippen LogP contribution < -0.4 is 14.9 Å². The van der Waals surface area contributed by atoms with E-state index in [0.717, 1.165) is 0 Å². The van der Waals surface area contributed by atoms with Crippen LogP contribution in [0.4, 0.5) is 4.39 Å². The van der Waals surface area contributed by atoms with E-state index in [2.05, 4.69) is 10.5 Å². The Kier molecular flexibility index (Phi) is 5.97. The van der Waals surface area contributed by atoms with Gasteiger partial charge in [-0.2, -0.15) is 5.10 Å². The summed E-state index contributed by atoms with van der Waals surface area (Å²) < 4.78 is 23.0. The SMILES string of the molecule is COc1cc(/C=N/NC(=O)COc2cccc(F)c2)cc(Cl)c1O. The zero-order chi connectivity index (χ0) is 17.5. The normalized spacial score (nSPS) is 10.6. The molecule has 2 N–H and O–H groups in total. The molecule has 2 rings (SSSR count). The number of carbonyl (C=O) groups excluding carboxylic acids is 1. The van der Waals surface area contributed by atoms with Gasteiger partial charge in [0.05, 0.1) is 18.3 Å². The topological polar surface area (TPSA) is 80.2 Å². The predicted octanol–water partition coefficient (Wildman–Crippen LogP) is 2.72. The Labute approximate surface area is 142 Å². The van der Waals surface area contributed by atoms with E-state index >= 15 is 0 Å². The third-order valence-electron chi connectivity index (χ3n) is 2.84. The van der Waals surface area contributed by atoms with Crippen LogP contribution in [0.15, 0.2) is 41.5 Å². The fraction of sp³-hybridized carbons (Fsp3) is 0.125. The van der Waals surface area contributed by atoms with Gasteiger partial charge >= 0.3 is 0 Å². The number of phenols is 1. The highest BCUT2D eigenvalue weighted by atomic mass is 35.5. The lowest BCUT2D eigenvalue weighted by molar-refractivity contribution is -0.123. The second kappa shape index (κ2) is 8.16. The van der Waals surface area contributed by atoms with Gasteiger partial charge in [-0.3, -0.25) is 4.79 Å². The zero-order valence-electron chi connectivity index (χ0n) is 12.6. The number of amides is 1. The van der Waals surface area contributed by atoms with Crippen LogP contribution in [0.25, 0.3) is 0 Å².